The van der Waals surface area contributed by atoms with Crippen molar-refractivity contribution in [1.82, 2.24) is 14.8 Å². The Morgan fingerprint density at radius 1 is 1.29 bits per heavy atom. The lowest BCUT2D eigenvalue weighted by Crippen LogP contribution is -2.49. The summed E-state index contributed by atoms with van der Waals surface area (Å²) < 4.78 is 36.6. The molecule has 1 saturated heterocycles. The molecule has 8 heteroatoms. The second kappa shape index (κ2) is 6.62. The average molecular weight is 322 g/mol. The van der Waals surface area contributed by atoms with Crippen molar-refractivity contribution in [2.24, 2.45) is 0 Å². The van der Waals surface area contributed by atoms with Gasteiger partial charge in [0.15, 0.2) is 0 Å². The molecule has 1 aromatic heterocycles. The topological polar surface area (TPSA) is 36.4 Å². The number of aromatic nitrogens is 1. The minimum absolute atomic E-state index is 0.303. The smallest absolute Gasteiger partial charge is 0.340 e. The third kappa shape index (κ3) is 4.86. The Kier molecular flexibility index (Phi) is 5.05. The molecule has 0 bridgehead atoms. The van der Waals surface area contributed by atoms with Gasteiger partial charge in [0.1, 0.15) is 6.42 Å². The number of nitrogens with zero attached hydrogens (tertiary/aromatic N) is 3. The van der Waals surface area contributed by atoms with E-state index in [2.05, 4.69) is 9.88 Å². The normalized spacial score (nSPS) is 17.0. The minimum atomic E-state index is -4.45. The highest BCUT2D eigenvalue weighted by Crippen LogP contribution is 2.22. The van der Waals surface area contributed by atoms with E-state index in [9.17, 15) is 18.0 Å². The summed E-state index contributed by atoms with van der Waals surface area (Å²) in [7, 11) is 0. The molecule has 0 spiro atoms. The van der Waals surface area contributed by atoms with Crippen molar-refractivity contribution in [2.75, 3.05) is 26.2 Å². The second-order valence-corrected chi connectivity index (χ2v) is 5.32. The van der Waals surface area contributed by atoms with E-state index in [4.69, 9.17) is 11.6 Å². The summed E-state index contributed by atoms with van der Waals surface area (Å²) in [6.07, 6.45) is -2.63. The van der Waals surface area contributed by atoms with Gasteiger partial charge in [-0.05, 0) is 11.6 Å². The molecule has 0 N–H and O–H groups in total. The zero-order chi connectivity index (χ0) is 15.5. The quantitative estimate of drug-likeness (QED) is 0.857. The van der Waals surface area contributed by atoms with E-state index < -0.39 is 18.5 Å². The molecular weight excluding hydrogens is 307 g/mol. The number of amides is 1. The van der Waals surface area contributed by atoms with E-state index >= 15 is 0 Å². The van der Waals surface area contributed by atoms with Gasteiger partial charge in [-0.25, -0.2) is 0 Å². The summed E-state index contributed by atoms with van der Waals surface area (Å²) in [5, 5.41) is 0.563. The van der Waals surface area contributed by atoms with Crippen LogP contribution >= 0.6 is 11.6 Å². The zero-order valence-corrected chi connectivity index (χ0v) is 12.0. The van der Waals surface area contributed by atoms with E-state index in [0.29, 0.717) is 37.7 Å². The number of halogens is 4. The fraction of sp³-hybridized carbons (Fsp3) is 0.538. The van der Waals surface area contributed by atoms with Crippen LogP contribution in [0.2, 0.25) is 5.02 Å². The maximum absolute atomic E-state index is 12.2. The molecule has 1 aliphatic rings. The Hall–Kier alpha value is -1.34. The monoisotopic (exact) mass is 321 g/mol. The van der Waals surface area contributed by atoms with Crippen molar-refractivity contribution in [3.63, 3.8) is 0 Å². The molecule has 1 fully saturated rings. The Balaban J connectivity index is 1.83. The first-order chi connectivity index (χ1) is 9.85. The molecule has 4 nitrogen and oxygen atoms in total. The SMILES string of the molecule is O=C(CC(F)(F)F)N1CCN(Cc2ccncc2Cl)CC1. The van der Waals surface area contributed by atoms with Crippen LogP contribution in [0, 0.1) is 0 Å². The summed E-state index contributed by atoms with van der Waals surface area (Å²) in [4.78, 5) is 18.7. The predicted molar refractivity (Wildman–Crippen MR) is 71.8 cm³/mol. The number of carbonyl (C=O) groups is 1. The number of hydrogen-bond donors (Lipinski definition) is 0. The first-order valence-corrected chi connectivity index (χ1v) is 6.88. The molecule has 0 radical (unpaired) electrons. The predicted octanol–water partition coefficient (Wildman–Crippen LogP) is 2.33. The molecule has 2 heterocycles. The van der Waals surface area contributed by atoms with E-state index in [1.807, 2.05) is 6.07 Å². The van der Waals surface area contributed by atoms with Gasteiger partial charge in [0.2, 0.25) is 5.91 Å². The van der Waals surface area contributed by atoms with E-state index in [1.54, 1.807) is 12.4 Å². The Morgan fingerprint density at radius 3 is 2.52 bits per heavy atom. The number of alkyl halides is 3. The largest absolute Gasteiger partial charge is 0.397 e. The summed E-state index contributed by atoms with van der Waals surface area (Å²) in [5.74, 6) is -0.857. The Labute approximate surface area is 125 Å². The van der Waals surface area contributed by atoms with Crippen molar-refractivity contribution in [1.29, 1.82) is 0 Å². The molecule has 0 aliphatic carbocycles. The van der Waals surface area contributed by atoms with Crippen LogP contribution in [0.5, 0.6) is 0 Å². The van der Waals surface area contributed by atoms with Gasteiger partial charge in [0.25, 0.3) is 0 Å². The molecule has 1 amide bonds. The number of hydrogen-bond acceptors (Lipinski definition) is 3. The van der Waals surface area contributed by atoms with Crippen LogP contribution in [-0.2, 0) is 11.3 Å². The van der Waals surface area contributed by atoms with Gasteiger partial charge in [-0.2, -0.15) is 13.2 Å². The summed E-state index contributed by atoms with van der Waals surface area (Å²) in [5.41, 5.74) is 0.918. The standard InChI is InChI=1S/C13H15ClF3N3O/c14-11-8-18-2-1-10(11)9-19-3-5-20(6-4-19)12(21)7-13(15,16)17/h1-2,8H,3-7,9H2. The number of piperazine rings is 1. The van der Waals surface area contributed by atoms with Crippen molar-refractivity contribution < 1.29 is 18.0 Å². The molecule has 2 rings (SSSR count). The Bertz CT molecular complexity index is 502. The van der Waals surface area contributed by atoms with Crippen LogP contribution in [0.1, 0.15) is 12.0 Å². The first-order valence-electron chi connectivity index (χ1n) is 6.50. The van der Waals surface area contributed by atoms with Gasteiger partial charge in [0.05, 0.1) is 5.02 Å². The molecular formula is C13H15ClF3N3O. The highest BCUT2D eigenvalue weighted by Gasteiger charge is 2.34. The van der Waals surface area contributed by atoms with Gasteiger partial charge >= 0.3 is 6.18 Å². The van der Waals surface area contributed by atoms with Crippen LogP contribution in [0.15, 0.2) is 18.5 Å². The number of pyridine rings is 1. The third-order valence-corrected chi connectivity index (χ3v) is 3.67. The van der Waals surface area contributed by atoms with Crippen molar-refractivity contribution in [2.45, 2.75) is 19.1 Å². The van der Waals surface area contributed by atoms with E-state index in [1.165, 1.54) is 4.90 Å². The fourth-order valence-corrected chi connectivity index (χ4v) is 2.39. The fourth-order valence-electron chi connectivity index (χ4n) is 2.21. The van der Waals surface area contributed by atoms with E-state index in [0.717, 1.165) is 5.56 Å². The van der Waals surface area contributed by atoms with Gasteiger partial charge < -0.3 is 4.90 Å². The molecule has 0 unspecified atom stereocenters. The molecule has 0 aromatic carbocycles. The lowest BCUT2D eigenvalue weighted by atomic mass is 10.2. The van der Waals surface area contributed by atoms with E-state index in [-0.39, 0.29) is 0 Å². The zero-order valence-electron chi connectivity index (χ0n) is 11.2. The van der Waals surface area contributed by atoms with Crippen molar-refractivity contribution in [3.8, 4) is 0 Å². The van der Waals surface area contributed by atoms with Gasteiger partial charge in [0, 0.05) is 45.1 Å². The molecule has 0 saturated carbocycles. The van der Waals surface area contributed by atoms with Crippen LogP contribution in [0.4, 0.5) is 13.2 Å². The van der Waals surface area contributed by atoms with Crippen LogP contribution in [0.25, 0.3) is 0 Å². The van der Waals surface area contributed by atoms with Crippen LogP contribution in [0.3, 0.4) is 0 Å². The molecule has 116 valence electrons. The van der Waals surface area contributed by atoms with Gasteiger partial charge in [-0.3, -0.25) is 14.7 Å². The van der Waals surface area contributed by atoms with Gasteiger partial charge in [-0.15, -0.1) is 0 Å². The average Bonchev–Trinajstić information content (AvgIpc) is 2.40. The summed E-state index contributed by atoms with van der Waals surface area (Å²) >= 11 is 6.02. The first kappa shape index (κ1) is 16.0. The molecule has 1 aliphatic heterocycles. The number of carbonyl (C=O) groups excluding carboxylic acids is 1. The second-order valence-electron chi connectivity index (χ2n) is 4.92. The molecule has 0 atom stereocenters. The summed E-state index contributed by atoms with van der Waals surface area (Å²) in [6.45, 7) is 2.27. The maximum Gasteiger partial charge on any atom is 0.397 e. The lowest BCUT2D eigenvalue weighted by Gasteiger charge is -2.35. The molecule has 21 heavy (non-hydrogen) atoms. The van der Waals surface area contributed by atoms with Crippen LogP contribution in [-0.4, -0.2) is 53.0 Å². The summed E-state index contributed by atoms with van der Waals surface area (Å²) in [6, 6.07) is 1.81. The highest BCUT2D eigenvalue weighted by atomic mass is 35.5. The highest BCUT2D eigenvalue weighted by molar-refractivity contribution is 6.31. The lowest BCUT2D eigenvalue weighted by molar-refractivity contribution is -0.162. The maximum atomic E-state index is 12.2. The molecule has 1 aromatic rings. The van der Waals surface area contributed by atoms with Gasteiger partial charge in [-0.1, -0.05) is 11.6 Å². The number of rotatable bonds is 3. The Morgan fingerprint density at radius 2 is 1.95 bits per heavy atom. The van der Waals surface area contributed by atoms with Crippen molar-refractivity contribution >= 4 is 17.5 Å². The minimum Gasteiger partial charge on any atom is -0.340 e. The third-order valence-electron chi connectivity index (χ3n) is 3.33. The van der Waals surface area contributed by atoms with Crippen molar-refractivity contribution in [3.05, 3.63) is 29.0 Å². The van der Waals surface area contributed by atoms with Crippen LogP contribution < -0.4 is 0 Å².